The van der Waals surface area contributed by atoms with Crippen LogP contribution in [0.15, 0.2) is 23.1 Å². The zero-order chi connectivity index (χ0) is 9.84. The van der Waals surface area contributed by atoms with Crippen LogP contribution in [-0.4, -0.2) is 14.6 Å². The van der Waals surface area contributed by atoms with E-state index in [-0.39, 0.29) is 5.56 Å². The molecule has 2 rings (SSSR count). The van der Waals surface area contributed by atoms with E-state index in [9.17, 15) is 4.79 Å². The molecule has 4 heteroatoms. The molecular formula is C9H13N3O. The third-order valence-corrected chi connectivity index (χ3v) is 1.51. The maximum absolute atomic E-state index is 11.1. The number of H-pyrrole nitrogens is 1. The fraction of sp³-hybridized carbons (Fsp3) is 0.333. The predicted molar refractivity (Wildman–Crippen MR) is 51.9 cm³/mol. The minimum absolute atomic E-state index is 0.0949. The average Bonchev–Trinajstić information content (AvgIpc) is 2.55. The summed E-state index contributed by atoms with van der Waals surface area (Å²) in [4.78, 5) is 13.8. The molecule has 0 radical (unpaired) electrons. The lowest BCUT2D eigenvalue weighted by molar-refractivity contribution is 0.842. The molecule has 1 N–H and O–H groups in total. The van der Waals surface area contributed by atoms with Crippen molar-refractivity contribution in [2.24, 2.45) is 0 Å². The Bertz CT molecular complexity index is 441. The number of nitrogens with zero attached hydrogens (tertiary/aromatic N) is 2. The lowest BCUT2D eigenvalue weighted by Crippen LogP contribution is -2.12. The normalized spacial score (nSPS) is 9.46. The van der Waals surface area contributed by atoms with Crippen LogP contribution in [0.4, 0.5) is 0 Å². The molecule has 0 unspecified atom stereocenters. The molecule has 2 heterocycles. The van der Waals surface area contributed by atoms with Gasteiger partial charge in [0, 0.05) is 6.20 Å². The number of aromatic nitrogens is 3. The molecule has 0 fully saturated rings. The van der Waals surface area contributed by atoms with Crippen LogP contribution in [0.5, 0.6) is 0 Å². The van der Waals surface area contributed by atoms with Gasteiger partial charge in [-0.25, -0.2) is 4.52 Å². The van der Waals surface area contributed by atoms with E-state index in [0.29, 0.717) is 11.3 Å². The first-order valence-electron chi connectivity index (χ1n) is 4.31. The molecule has 0 atom stereocenters. The van der Waals surface area contributed by atoms with Crippen molar-refractivity contribution in [2.75, 3.05) is 0 Å². The fourth-order valence-corrected chi connectivity index (χ4v) is 1.05. The molecule has 0 saturated heterocycles. The Labute approximate surface area is 76.2 Å². The molecule has 0 aromatic carbocycles. The van der Waals surface area contributed by atoms with Crippen LogP contribution in [0.25, 0.3) is 5.52 Å². The monoisotopic (exact) mass is 179 g/mol. The standard InChI is InChI=1S/C7H7N3O.C2H6/c1-5-8-7(11)6-3-2-4-10(6)9-5;1-2/h2-4H,1H3,(H,8,9,11);1-2H3. The van der Waals surface area contributed by atoms with E-state index in [1.54, 1.807) is 29.8 Å². The summed E-state index contributed by atoms with van der Waals surface area (Å²) in [5, 5.41) is 4.06. The van der Waals surface area contributed by atoms with Crippen LogP contribution < -0.4 is 5.56 Å². The molecule has 4 nitrogen and oxygen atoms in total. The van der Waals surface area contributed by atoms with E-state index in [4.69, 9.17) is 0 Å². The Kier molecular flexibility index (Phi) is 2.84. The second kappa shape index (κ2) is 3.89. The van der Waals surface area contributed by atoms with Crippen molar-refractivity contribution < 1.29 is 0 Å². The third kappa shape index (κ3) is 1.77. The zero-order valence-corrected chi connectivity index (χ0v) is 8.03. The minimum atomic E-state index is -0.0949. The molecule has 2 aromatic rings. The molecule has 0 aliphatic heterocycles. The molecule has 0 saturated carbocycles. The minimum Gasteiger partial charge on any atom is -0.307 e. The topological polar surface area (TPSA) is 50.2 Å². The van der Waals surface area contributed by atoms with E-state index < -0.39 is 0 Å². The van der Waals surface area contributed by atoms with Crippen molar-refractivity contribution in [1.82, 2.24) is 14.6 Å². The molecular weight excluding hydrogens is 166 g/mol. The van der Waals surface area contributed by atoms with Gasteiger partial charge in [0.1, 0.15) is 11.3 Å². The molecule has 0 bridgehead atoms. The first kappa shape index (κ1) is 9.51. The van der Waals surface area contributed by atoms with Gasteiger partial charge in [0.2, 0.25) is 0 Å². The smallest absolute Gasteiger partial charge is 0.275 e. The summed E-state index contributed by atoms with van der Waals surface area (Å²) in [5.41, 5.74) is 0.484. The molecule has 13 heavy (non-hydrogen) atoms. The summed E-state index contributed by atoms with van der Waals surface area (Å²) in [5.74, 6) is 0.624. The second-order valence-corrected chi connectivity index (χ2v) is 2.38. The Balaban J connectivity index is 0.000000396. The highest BCUT2D eigenvalue weighted by atomic mass is 16.1. The summed E-state index contributed by atoms with van der Waals surface area (Å²) in [6.45, 7) is 5.75. The number of aromatic amines is 1. The quantitative estimate of drug-likeness (QED) is 0.663. The zero-order valence-electron chi connectivity index (χ0n) is 8.03. The van der Waals surface area contributed by atoms with Gasteiger partial charge in [-0.2, -0.15) is 5.10 Å². The van der Waals surface area contributed by atoms with Crippen LogP contribution in [0, 0.1) is 6.92 Å². The maximum Gasteiger partial charge on any atom is 0.275 e. The van der Waals surface area contributed by atoms with Crippen LogP contribution in [0.3, 0.4) is 0 Å². The van der Waals surface area contributed by atoms with Gasteiger partial charge in [-0.15, -0.1) is 0 Å². The molecule has 0 aliphatic carbocycles. The van der Waals surface area contributed by atoms with Crippen molar-refractivity contribution in [1.29, 1.82) is 0 Å². The van der Waals surface area contributed by atoms with Crippen molar-refractivity contribution in [3.63, 3.8) is 0 Å². The molecule has 2 aromatic heterocycles. The highest BCUT2D eigenvalue weighted by molar-refractivity contribution is 5.43. The Morgan fingerprint density at radius 2 is 2.15 bits per heavy atom. The largest absolute Gasteiger partial charge is 0.307 e. The number of hydrogen-bond donors (Lipinski definition) is 1. The summed E-state index contributed by atoms with van der Waals surface area (Å²) >= 11 is 0. The Morgan fingerprint density at radius 1 is 1.46 bits per heavy atom. The summed E-state index contributed by atoms with van der Waals surface area (Å²) in [6.07, 6.45) is 1.75. The molecule has 0 aliphatic rings. The van der Waals surface area contributed by atoms with Gasteiger partial charge in [0.05, 0.1) is 0 Å². The SMILES string of the molecule is CC.Cc1nn2cccc2c(=O)[nH]1. The Hall–Kier alpha value is -1.58. The van der Waals surface area contributed by atoms with Crippen molar-refractivity contribution in [3.8, 4) is 0 Å². The van der Waals surface area contributed by atoms with Crippen LogP contribution in [0.2, 0.25) is 0 Å². The summed E-state index contributed by atoms with van der Waals surface area (Å²) < 4.78 is 1.56. The molecule has 0 spiro atoms. The fourth-order valence-electron chi connectivity index (χ4n) is 1.05. The number of aryl methyl sites for hydroxylation is 1. The van der Waals surface area contributed by atoms with Crippen LogP contribution >= 0.6 is 0 Å². The third-order valence-electron chi connectivity index (χ3n) is 1.51. The van der Waals surface area contributed by atoms with Crippen LogP contribution in [0.1, 0.15) is 19.7 Å². The second-order valence-electron chi connectivity index (χ2n) is 2.38. The number of hydrogen-bond acceptors (Lipinski definition) is 2. The van der Waals surface area contributed by atoms with E-state index in [1.807, 2.05) is 13.8 Å². The predicted octanol–water partition coefficient (Wildman–Crippen LogP) is 1.36. The number of fused-ring (bicyclic) bond motifs is 1. The lowest BCUT2D eigenvalue weighted by Gasteiger charge is -1.93. The van der Waals surface area contributed by atoms with Gasteiger partial charge in [0.25, 0.3) is 5.56 Å². The van der Waals surface area contributed by atoms with Gasteiger partial charge in [0.15, 0.2) is 0 Å². The molecule has 70 valence electrons. The van der Waals surface area contributed by atoms with E-state index >= 15 is 0 Å². The summed E-state index contributed by atoms with van der Waals surface area (Å²) in [7, 11) is 0. The highest BCUT2D eigenvalue weighted by Crippen LogP contribution is 1.93. The van der Waals surface area contributed by atoms with Gasteiger partial charge in [-0.05, 0) is 19.1 Å². The maximum atomic E-state index is 11.1. The van der Waals surface area contributed by atoms with Crippen molar-refractivity contribution >= 4 is 5.52 Å². The number of nitrogens with one attached hydrogen (secondary N) is 1. The molecule has 0 amide bonds. The van der Waals surface area contributed by atoms with Gasteiger partial charge in [-0.3, -0.25) is 4.79 Å². The lowest BCUT2D eigenvalue weighted by atomic mass is 10.5. The first-order chi connectivity index (χ1) is 6.27. The van der Waals surface area contributed by atoms with E-state index in [1.165, 1.54) is 0 Å². The van der Waals surface area contributed by atoms with Gasteiger partial charge >= 0.3 is 0 Å². The highest BCUT2D eigenvalue weighted by Gasteiger charge is 1.97. The Morgan fingerprint density at radius 3 is 2.85 bits per heavy atom. The first-order valence-corrected chi connectivity index (χ1v) is 4.31. The van der Waals surface area contributed by atoms with E-state index in [0.717, 1.165) is 0 Å². The van der Waals surface area contributed by atoms with Crippen LogP contribution in [-0.2, 0) is 0 Å². The van der Waals surface area contributed by atoms with Crippen molar-refractivity contribution in [3.05, 3.63) is 34.5 Å². The van der Waals surface area contributed by atoms with E-state index in [2.05, 4.69) is 10.1 Å². The van der Waals surface area contributed by atoms with Crippen molar-refractivity contribution in [2.45, 2.75) is 20.8 Å². The summed E-state index contributed by atoms with van der Waals surface area (Å²) in [6, 6.07) is 3.52. The average molecular weight is 179 g/mol. The van der Waals surface area contributed by atoms with Gasteiger partial charge < -0.3 is 4.98 Å². The number of rotatable bonds is 0. The van der Waals surface area contributed by atoms with Gasteiger partial charge in [-0.1, -0.05) is 13.8 Å².